The zero-order valence-electron chi connectivity index (χ0n) is 14.1. The van der Waals surface area contributed by atoms with Crippen molar-refractivity contribution in [1.29, 1.82) is 0 Å². The van der Waals surface area contributed by atoms with Crippen molar-refractivity contribution in [3.8, 4) is 0 Å². The van der Waals surface area contributed by atoms with E-state index in [1.54, 1.807) is 11.0 Å². The molecule has 1 N–H and O–H groups in total. The van der Waals surface area contributed by atoms with Crippen LogP contribution in [-0.2, 0) is 18.5 Å². The molecule has 1 aliphatic heterocycles. The fourth-order valence-corrected chi connectivity index (χ4v) is 3.10. The van der Waals surface area contributed by atoms with Crippen molar-refractivity contribution < 1.29 is 4.79 Å². The van der Waals surface area contributed by atoms with Crippen LogP contribution in [0.3, 0.4) is 0 Å². The van der Waals surface area contributed by atoms with E-state index in [9.17, 15) is 4.79 Å². The molecule has 124 valence electrons. The summed E-state index contributed by atoms with van der Waals surface area (Å²) >= 11 is 0. The lowest BCUT2D eigenvalue weighted by Crippen LogP contribution is -2.39. The molecular weight excluding hydrogens is 304 g/mol. The van der Waals surface area contributed by atoms with Crippen LogP contribution >= 0.6 is 0 Å². The second-order valence-electron chi connectivity index (χ2n) is 7.18. The standard InChI is InChI=1S/C17H20N6O/c1-17(2,3)16-21-20-13-10-22(8-9-23(13)16)15(24)12-5-4-11-6-7-18-14(11)19-12/h4-7H,8-10H2,1-3H3,(H,18,19). The third-order valence-corrected chi connectivity index (χ3v) is 4.34. The number of carbonyl (C=O) groups is 1. The molecule has 7 nitrogen and oxygen atoms in total. The maximum atomic E-state index is 12.8. The lowest BCUT2D eigenvalue weighted by molar-refractivity contribution is 0.0700. The minimum absolute atomic E-state index is 0.0579. The average molecular weight is 324 g/mol. The van der Waals surface area contributed by atoms with Crippen LogP contribution in [0.2, 0.25) is 0 Å². The van der Waals surface area contributed by atoms with Gasteiger partial charge in [0.2, 0.25) is 0 Å². The molecule has 0 radical (unpaired) electrons. The van der Waals surface area contributed by atoms with Crippen molar-refractivity contribution in [3.05, 3.63) is 41.7 Å². The van der Waals surface area contributed by atoms with Crippen LogP contribution in [0.5, 0.6) is 0 Å². The van der Waals surface area contributed by atoms with Gasteiger partial charge in [-0.1, -0.05) is 20.8 Å². The highest BCUT2D eigenvalue weighted by Gasteiger charge is 2.29. The monoisotopic (exact) mass is 324 g/mol. The number of rotatable bonds is 1. The Labute approximate surface area is 139 Å². The number of pyridine rings is 1. The van der Waals surface area contributed by atoms with Gasteiger partial charge >= 0.3 is 0 Å². The number of aromatic nitrogens is 5. The summed E-state index contributed by atoms with van der Waals surface area (Å²) in [4.78, 5) is 22.0. The highest BCUT2D eigenvalue weighted by Crippen LogP contribution is 2.24. The number of carbonyl (C=O) groups excluding carboxylic acids is 1. The Bertz CT molecular complexity index is 917. The molecular formula is C17H20N6O. The smallest absolute Gasteiger partial charge is 0.273 e. The van der Waals surface area contributed by atoms with Gasteiger partial charge in [0.05, 0.1) is 6.54 Å². The fraction of sp³-hybridized carbons (Fsp3) is 0.412. The Balaban J connectivity index is 1.60. The van der Waals surface area contributed by atoms with E-state index >= 15 is 0 Å². The van der Waals surface area contributed by atoms with Gasteiger partial charge in [0.15, 0.2) is 5.82 Å². The summed E-state index contributed by atoms with van der Waals surface area (Å²) in [6.07, 6.45) is 1.82. The fourth-order valence-electron chi connectivity index (χ4n) is 3.10. The van der Waals surface area contributed by atoms with Crippen molar-refractivity contribution in [3.63, 3.8) is 0 Å². The summed E-state index contributed by atoms with van der Waals surface area (Å²) in [6.45, 7) is 8.18. The summed E-state index contributed by atoms with van der Waals surface area (Å²) in [5, 5.41) is 9.61. The molecule has 0 saturated heterocycles. The first kappa shape index (κ1) is 14.9. The van der Waals surface area contributed by atoms with E-state index in [0.29, 0.717) is 25.3 Å². The molecule has 1 aliphatic rings. The molecule has 0 spiro atoms. The van der Waals surface area contributed by atoms with Gasteiger partial charge in [-0.05, 0) is 18.2 Å². The molecule has 1 amide bonds. The number of nitrogens with zero attached hydrogens (tertiary/aromatic N) is 5. The molecule has 3 aromatic heterocycles. The quantitative estimate of drug-likeness (QED) is 0.743. The summed E-state index contributed by atoms with van der Waals surface area (Å²) < 4.78 is 2.13. The Kier molecular flexibility index (Phi) is 3.19. The zero-order valence-corrected chi connectivity index (χ0v) is 14.1. The topological polar surface area (TPSA) is 79.7 Å². The Morgan fingerprint density at radius 1 is 1.17 bits per heavy atom. The predicted molar refractivity (Wildman–Crippen MR) is 89.6 cm³/mol. The molecule has 0 fully saturated rings. The van der Waals surface area contributed by atoms with Crippen LogP contribution in [0.15, 0.2) is 24.4 Å². The molecule has 0 aliphatic carbocycles. The zero-order chi connectivity index (χ0) is 16.9. The van der Waals surface area contributed by atoms with Gasteiger partial charge in [-0.15, -0.1) is 10.2 Å². The lowest BCUT2D eigenvalue weighted by Gasteiger charge is -2.29. The summed E-state index contributed by atoms with van der Waals surface area (Å²) in [5.74, 6) is 1.73. The minimum Gasteiger partial charge on any atom is -0.346 e. The van der Waals surface area contributed by atoms with Crippen LogP contribution in [0, 0.1) is 0 Å². The van der Waals surface area contributed by atoms with Crippen LogP contribution in [0.4, 0.5) is 0 Å². The van der Waals surface area contributed by atoms with Gasteiger partial charge in [0.1, 0.15) is 17.2 Å². The van der Waals surface area contributed by atoms with E-state index in [1.807, 2.05) is 18.3 Å². The summed E-state index contributed by atoms with van der Waals surface area (Å²) in [7, 11) is 0. The van der Waals surface area contributed by atoms with E-state index in [4.69, 9.17) is 0 Å². The van der Waals surface area contributed by atoms with Crippen molar-refractivity contribution in [2.24, 2.45) is 0 Å². The van der Waals surface area contributed by atoms with E-state index in [0.717, 1.165) is 22.7 Å². The Hall–Kier alpha value is -2.70. The highest BCUT2D eigenvalue weighted by atomic mass is 16.2. The van der Waals surface area contributed by atoms with Crippen LogP contribution in [0.1, 0.15) is 42.9 Å². The van der Waals surface area contributed by atoms with Crippen molar-refractivity contribution in [2.75, 3.05) is 6.54 Å². The largest absolute Gasteiger partial charge is 0.346 e. The number of fused-ring (bicyclic) bond motifs is 2. The van der Waals surface area contributed by atoms with Gasteiger partial charge in [0.25, 0.3) is 5.91 Å². The van der Waals surface area contributed by atoms with Crippen LogP contribution in [-0.4, -0.2) is 42.1 Å². The average Bonchev–Trinajstić information content (AvgIpc) is 3.18. The van der Waals surface area contributed by atoms with E-state index in [-0.39, 0.29) is 11.3 Å². The number of nitrogens with one attached hydrogen (secondary N) is 1. The van der Waals surface area contributed by atoms with E-state index < -0.39 is 0 Å². The molecule has 7 heteroatoms. The van der Waals surface area contributed by atoms with Gasteiger partial charge < -0.3 is 14.5 Å². The first-order chi connectivity index (χ1) is 11.4. The molecule has 24 heavy (non-hydrogen) atoms. The number of hydrogen-bond acceptors (Lipinski definition) is 4. The first-order valence-electron chi connectivity index (χ1n) is 8.09. The maximum absolute atomic E-state index is 12.8. The van der Waals surface area contributed by atoms with Crippen molar-refractivity contribution >= 4 is 16.9 Å². The molecule has 4 heterocycles. The summed E-state index contributed by atoms with van der Waals surface area (Å²) in [5.41, 5.74) is 1.13. The molecule has 4 rings (SSSR count). The SMILES string of the molecule is CC(C)(C)c1nnc2n1CCN(C(=O)c1ccc3cc[nH]c3n1)C2. The molecule has 0 atom stereocenters. The molecule has 0 aromatic carbocycles. The number of amides is 1. The van der Waals surface area contributed by atoms with Crippen molar-refractivity contribution in [1.82, 2.24) is 29.6 Å². The third kappa shape index (κ3) is 2.36. The third-order valence-electron chi connectivity index (χ3n) is 4.34. The first-order valence-corrected chi connectivity index (χ1v) is 8.09. The minimum atomic E-state index is -0.0712. The number of aromatic amines is 1. The predicted octanol–water partition coefficient (Wildman–Crippen LogP) is 2.11. The highest BCUT2D eigenvalue weighted by molar-refractivity contribution is 5.94. The second kappa shape index (κ2) is 5.15. The van der Waals surface area contributed by atoms with E-state index in [1.165, 1.54) is 0 Å². The van der Waals surface area contributed by atoms with Crippen LogP contribution < -0.4 is 0 Å². The molecule has 0 saturated carbocycles. The molecule has 3 aromatic rings. The normalized spacial score (nSPS) is 14.9. The number of H-pyrrole nitrogens is 1. The number of hydrogen-bond donors (Lipinski definition) is 1. The maximum Gasteiger partial charge on any atom is 0.273 e. The van der Waals surface area contributed by atoms with Crippen LogP contribution in [0.25, 0.3) is 11.0 Å². The Morgan fingerprint density at radius 2 is 2.00 bits per heavy atom. The Morgan fingerprint density at radius 3 is 2.79 bits per heavy atom. The van der Waals surface area contributed by atoms with Gasteiger partial charge in [-0.3, -0.25) is 4.79 Å². The molecule has 0 unspecified atom stereocenters. The van der Waals surface area contributed by atoms with Gasteiger partial charge in [0, 0.05) is 30.1 Å². The van der Waals surface area contributed by atoms with Gasteiger partial charge in [-0.25, -0.2) is 4.98 Å². The second-order valence-corrected chi connectivity index (χ2v) is 7.18. The lowest BCUT2D eigenvalue weighted by atomic mass is 9.95. The summed E-state index contributed by atoms with van der Waals surface area (Å²) in [6, 6.07) is 5.63. The van der Waals surface area contributed by atoms with Crippen molar-refractivity contribution in [2.45, 2.75) is 39.3 Å². The molecule has 0 bridgehead atoms. The van der Waals surface area contributed by atoms with Gasteiger partial charge in [-0.2, -0.15) is 0 Å². The van der Waals surface area contributed by atoms with E-state index in [2.05, 4.69) is 45.5 Å².